The summed E-state index contributed by atoms with van der Waals surface area (Å²) in [6.07, 6.45) is 3.01. The summed E-state index contributed by atoms with van der Waals surface area (Å²) in [5.41, 5.74) is 6.51. The van der Waals surface area contributed by atoms with Crippen LogP contribution in [0.4, 0.5) is 0 Å². The zero-order valence-corrected chi connectivity index (χ0v) is 13.5. The molecule has 0 saturated heterocycles. The van der Waals surface area contributed by atoms with Gasteiger partial charge in [-0.05, 0) is 45.3 Å². The van der Waals surface area contributed by atoms with Crippen LogP contribution in [0.2, 0.25) is 0 Å². The molecule has 2 atom stereocenters. The number of likely N-dealkylation sites (N-methyl/N-ethyl adjacent to an activating group) is 1. The summed E-state index contributed by atoms with van der Waals surface area (Å²) in [6.45, 7) is 2.14. The van der Waals surface area contributed by atoms with Crippen molar-refractivity contribution < 1.29 is 9.59 Å². The molecule has 0 bridgehead atoms. The van der Waals surface area contributed by atoms with Gasteiger partial charge in [-0.3, -0.25) is 9.59 Å². The van der Waals surface area contributed by atoms with E-state index in [1.807, 2.05) is 30.3 Å². The highest BCUT2D eigenvalue weighted by molar-refractivity contribution is 5.89. The molecular weight excluding hydrogens is 278 g/mol. The minimum Gasteiger partial charge on any atom is -0.345 e. The maximum Gasteiger partial charge on any atom is 0.237 e. The van der Waals surface area contributed by atoms with Crippen LogP contribution in [0.1, 0.15) is 31.7 Å². The summed E-state index contributed by atoms with van der Waals surface area (Å²) in [4.78, 5) is 24.1. The number of nitrogens with two attached hydrogens (primary N) is 1. The van der Waals surface area contributed by atoms with Crippen LogP contribution in [0, 0.1) is 0 Å². The third kappa shape index (κ3) is 6.37. The SMILES string of the molecule is CNC(CCCCN)C(=O)NC(Cc1ccccc1)C(C)=O. The van der Waals surface area contributed by atoms with Crippen molar-refractivity contribution in [1.82, 2.24) is 10.6 Å². The van der Waals surface area contributed by atoms with Crippen LogP contribution in [0.5, 0.6) is 0 Å². The van der Waals surface area contributed by atoms with Crippen molar-refractivity contribution in [2.24, 2.45) is 5.73 Å². The highest BCUT2D eigenvalue weighted by Crippen LogP contribution is 2.06. The Morgan fingerprint density at radius 1 is 1.14 bits per heavy atom. The number of hydrogen-bond donors (Lipinski definition) is 3. The fraction of sp³-hybridized carbons (Fsp3) is 0.529. The van der Waals surface area contributed by atoms with E-state index in [0.717, 1.165) is 24.8 Å². The Kier molecular flexibility index (Phi) is 8.40. The van der Waals surface area contributed by atoms with Crippen LogP contribution in [-0.4, -0.2) is 37.4 Å². The van der Waals surface area contributed by atoms with E-state index >= 15 is 0 Å². The van der Waals surface area contributed by atoms with Crippen molar-refractivity contribution in [3.8, 4) is 0 Å². The predicted molar refractivity (Wildman–Crippen MR) is 88.5 cm³/mol. The topological polar surface area (TPSA) is 84.2 Å². The third-order valence-electron chi connectivity index (χ3n) is 3.70. The van der Waals surface area contributed by atoms with E-state index in [-0.39, 0.29) is 17.7 Å². The average Bonchev–Trinajstić information content (AvgIpc) is 2.51. The molecule has 1 rings (SSSR count). The first-order valence-corrected chi connectivity index (χ1v) is 7.80. The smallest absolute Gasteiger partial charge is 0.237 e. The van der Waals surface area contributed by atoms with Crippen molar-refractivity contribution in [1.29, 1.82) is 0 Å². The second-order valence-electron chi connectivity index (χ2n) is 5.49. The minimum atomic E-state index is -0.486. The van der Waals surface area contributed by atoms with Crippen LogP contribution >= 0.6 is 0 Å². The molecule has 122 valence electrons. The molecule has 4 N–H and O–H groups in total. The summed E-state index contributed by atoms with van der Waals surface area (Å²) in [5.74, 6) is -0.162. The Morgan fingerprint density at radius 3 is 2.36 bits per heavy atom. The Hall–Kier alpha value is -1.72. The van der Waals surface area contributed by atoms with Gasteiger partial charge < -0.3 is 16.4 Å². The van der Waals surface area contributed by atoms with Crippen LogP contribution in [0.15, 0.2) is 30.3 Å². The first kappa shape index (κ1) is 18.3. The second-order valence-corrected chi connectivity index (χ2v) is 5.49. The minimum absolute atomic E-state index is 0.0333. The number of carbonyl (C=O) groups excluding carboxylic acids is 2. The lowest BCUT2D eigenvalue weighted by atomic mass is 10.0. The standard InChI is InChI=1S/C17H27N3O2/c1-13(21)16(12-14-8-4-3-5-9-14)20-17(22)15(19-2)10-6-7-11-18/h3-5,8-9,15-16,19H,6-7,10-12,18H2,1-2H3,(H,20,22). The van der Waals surface area contributed by atoms with Crippen molar-refractivity contribution in [3.05, 3.63) is 35.9 Å². The van der Waals surface area contributed by atoms with Crippen LogP contribution < -0.4 is 16.4 Å². The molecule has 0 heterocycles. The Balaban J connectivity index is 2.61. The zero-order valence-electron chi connectivity index (χ0n) is 13.5. The van der Waals surface area contributed by atoms with E-state index < -0.39 is 6.04 Å². The molecule has 22 heavy (non-hydrogen) atoms. The Labute approximate surface area is 132 Å². The van der Waals surface area contributed by atoms with E-state index in [1.54, 1.807) is 7.05 Å². The molecule has 0 aromatic heterocycles. The Morgan fingerprint density at radius 2 is 1.82 bits per heavy atom. The molecule has 2 unspecified atom stereocenters. The van der Waals surface area contributed by atoms with Crippen molar-refractivity contribution >= 4 is 11.7 Å². The van der Waals surface area contributed by atoms with E-state index in [9.17, 15) is 9.59 Å². The highest BCUT2D eigenvalue weighted by atomic mass is 16.2. The summed E-state index contributed by atoms with van der Waals surface area (Å²) in [5, 5.41) is 5.87. The molecular formula is C17H27N3O2. The lowest BCUT2D eigenvalue weighted by Gasteiger charge is -2.21. The summed E-state index contributed by atoms with van der Waals surface area (Å²) < 4.78 is 0. The number of ketones is 1. The van der Waals surface area contributed by atoms with E-state index in [2.05, 4.69) is 10.6 Å². The van der Waals surface area contributed by atoms with Gasteiger partial charge in [0.25, 0.3) is 0 Å². The quantitative estimate of drug-likeness (QED) is 0.564. The molecule has 1 aromatic rings. The van der Waals surface area contributed by atoms with Crippen molar-refractivity contribution in [3.63, 3.8) is 0 Å². The molecule has 0 spiro atoms. The monoisotopic (exact) mass is 305 g/mol. The maximum absolute atomic E-state index is 12.3. The first-order valence-electron chi connectivity index (χ1n) is 7.80. The van der Waals surface area contributed by atoms with Crippen molar-refractivity contribution in [2.45, 2.75) is 44.7 Å². The van der Waals surface area contributed by atoms with Gasteiger partial charge in [0.2, 0.25) is 5.91 Å². The number of hydrogen-bond acceptors (Lipinski definition) is 4. The zero-order chi connectivity index (χ0) is 16.4. The van der Waals surface area contributed by atoms with Gasteiger partial charge in [-0.15, -0.1) is 0 Å². The largest absolute Gasteiger partial charge is 0.345 e. The lowest BCUT2D eigenvalue weighted by Crippen LogP contribution is -2.49. The van der Waals surface area contributed by atoms with Gasteiger partial charge in [0.05, 0.1) is 12.1 Å². The second kappa shape index (κ2) is 10.1. The number of benzene rings is 1. The molecule has 0 aliphatic carbocycles. The number of rotatable bonds is 10. The molecule has 0 aliphatic rings. The van der Waals surface area contributed by atoms with Gasteiger partial charge in [0, 0.05) is 0 Å². The van der Waals surface area contributed by atoms with Crippen LogP contribution in [0.25, 0.3) is 0 Å². The molecule has 0 radical (unpaired) electrons. The fourth-order valence-corrected chi connectivity index (χ4v) is 2.32. The molecule has 1 aromatic carbocycles. The van der Waals surface area contributed by atoms with Gasteiger partial charge >= 0.3 is 0 Å². The number of carbonyl (C=O) groups is 2. The normalized spacial score (nSPS) is 13.4. The van der Waals surface area contributed by atoms with Gasteiger partial charge in [-0.2, -0.15) is 0 Å². The van der Waals surface area contributed by atoms with Gasteiger partial charge in [0.1, 0.15) is 0 Å². The first-order chi connectivity index (χ1) is 10.6. The van der Waals surface area contributed by atoms with E-state index in [0.29, 0.717) is 13.0 Å². The van der Waals surface area contributed by atoms with Gasteiger partial charge in [0.15, 0.2) is 5.78 Å². The molecule has 0 fully saturated rings. The fourth-order valence-electron chi connectivity index (χ4n) is 2.32. The summed E-state index contributed by atoms with van der Waals surface area (Å²) in [7, 11) is 1.76. The maximum atomic E-state index is 12.3. The number of Topliss-reactive ketones (excluding diaryl/α,β-unsaturated/α-hetero) is 1. The molecule has 0 aliphatic heterocycles. The predicted octanol–water partition coefficient (Wildman–Crippen LogP) is 1.02. The van der Waals surface area contributed by atoms with E-state index in [4.69, 9.17) is 5.73 Å². The molecule has 1 amide bonds. The summed E-state index contributed by atoms with van der Waals surface area (Å²) in [6, 6.07) is 8.93. The number of amides is 1. The molecule has 5 nitrogen and oxygen atoms in total. The third-order valence-corrected chi connectivity index (χ3v) is 3.70. The van der Waals surface area contributed by atoms with Gasteiger partial charge in [-0.25, -0.2) is 0 Å². The molecule has 0 saturated carbocycles. The van der Waals surface area contributed by atoms with Crippen LogP contribution in [0.3, 0.4) is 0 Å². The van der Waals surface area contributed by atoms with Crippen molar-refractivity contribution in [2.75, 3.05) is 13.6 Å². The molecule has 5 heteroatoms. The Bertz CT molecular complexity index is 462. The van der Waals surface area contributed by atoms with Crippen LogP contribution in [-0.2, 0) is 16.0 Å². The lowest BCUT2D eigenvalue weighted by molar-refractivity contribution is -0.128. The average molecular weight is 305 g/mol. The van der Waals surface area contributed by atoms with E-state index in [1.165, 1.54) is 6.92 Å². The summed E-state index contributed by atoms with van der Waals surface area (Å²) >= 11 is 0. The number of nitrogens with one attached hydrogen (secondary N) is 2. The highest BCUT2D eigenvalue weighted by Gasteiger charge is 2.22. The van der Waals surface area contributed by atoms with Gasteiger partial charge in [-0.1, -0.05) is 36.8 Å². The number of unbranched alkanes of at least 4 members (excludes halogenated alkanes) is 1.